The fourth-order valence-electron chi connectivity index (χ4n) is 1.24. The highest BCUT2D eigenvalue weighted by molar-refractivity contribution is 6.28. The molecule has 1 rings (SSSR count). The van der Waals surface area contributed by atoms with E-state index in [0.29, 0.717) is 25.0 Å². The zero-order valence-corrected chi connectivity index (χ0v) is 11.1. The lowest BCUT2D eigenvalue weighted by molar-refractivity contribution is 0.0854. The maximum Gasteiger partial charge on any atom is 0.228 e. The molecule has 0 bridgehead atoms. The van der Waals surface area contributed by atoms with Crippen LogP contribution in [0.15, 0.2) is 0 Å². The van der Waals surface area contributed by atoms with E-state index in [9.17, 15) is 0 Å². The number of nitrogens with zero attached hydrogens (tertiary/aromatic N) is 3. The summed E-state index contributed by atoms with van der Waals surface area (Å²) in [6, 6.07) is 0. The molecule has 1 atom stereocenters. The highest BCUT2D eigenvalue weighted by atomic mass is 35.5. The van der Waals surface area contributed by atoms with Gasteiger partial charge in [-0.2, -0.15) is 15.0 Å². The van der Waals surface area contributed by atoms with Crippen LogP contribution >= 0.6 is 11.6 Å². The molecular weight excluding hydrogens is 242 g/mol. The molecule has 0 spiro atoms. The van der Waals surface area contributed by atoms with Crippen LogP contribution in [0.3, 0.4) is 0 Å². The zero-order chi connectivity index (χ0) is 12.7. The van der Waals surface area contributed by atoms with Crippen molar-refractivity contribution in [3.05, 3.63) is 5.28 Å². The van der Waals surface area contributed by atoms with Crippen molar-refractivity contribution in [3.8, 4) is 0 Å². The van der Waals surface area contributed by atoms with Crippen LogP contribution in [0, 0.1) is 0 Å². The van der Waals surface area contributed by atoms with Gasteiger partial charge in [0.1, 0.15) is 0 Å². The Labute approximate surface area is 106 Å². The van der Waals surface area contributed by atoms with Crippen molar-refractivity contribution in [1.82, 2.24) is 15.0 Å². The highest BCUT2D eigenvalue weighted by Gasteiger charge is 2.06. The predicted molar refractivity (Wildman–Crippen MR) is 68.6 cm³/mol. The first-order valence-electron chi connectivity index (χ1n) is 5.66. The summed E-state index contributed by atoms with van der Waals surface area (Å²) in [5, 5.41) is 6.21. The second kappa shape index (κ2) is 7.24. The SMILES string of the molecule is CCNc1nc(Cl)nc(NCC(C)OCC)n1. The van der Waals surface area contributed by atoms with E-state index in [2.05, 4.69) is 25.6 Å². The normalized spacial score (nSPS) is 12.2. The average molecular weight is 260 g/mol. The van der Waals surface area contributed by atoms with Gasteiger partial charge in [-0.05, 0) is 32.4 Å². The van der Waals surface area contributed by atoms with Gasteiger partial charge in [0.15, 0.2) is 0 Å². The number of nitrogens with one attached hydrogen (secondary N) is 2. The summed E-state index contributed by atoms with van der Waals surface area (Å²) in [7, 11) is 0. The van der Waals surface area contributed by atoms with E-state index in [0.717, 1.165) is 6.54 Å². The first-order chi connectivity index (χ1) is 8.15. The van der Waals surface area contributed by atoms with Crippen LogP contribution < -0.4 is 10.6 Å². The van der Waals surface area contributed by atoms with Gasteiger partial charge < -0.3 is 15.4 Å². The van der Waals surface area contributed by atoms with Crippen LogP contribution in [0.1, 0.15) is 20.8 Å². The number of anilines is 2. The maximum atomic E-state index is 5.79. The van der Waals surface area contributed by atoms with Gasteiger partial charge in [0.25, 0.3) is 0 Å². The van der Waals surface area contributed by atoms with Crippen LogP contribution in [0.4, 0.5) is 11.9 Å². The summed E-state index contributed by atoms with van der Waals surface area (Å²) in [4.78, 5) is 12.1. The van der Waals surface area contributed by atoms with E-state index >= 15 is 0 Å². The maximum absolute atomic E-state index is 5.79. The van der Waals surface area contributed by atoms with Crippen LogP contribution in [0.2, 0.25) is 5.28 Å². The average Bonchev–Trinajstić information content (AvgIpc) is 2.26. The Bertz CT molecular complexity index is 349. The molecule has 0 aromatic carbocycles. The van der Waals surface area contributed by atoms with Gasteiger partial charge in [0, 0.05) is 19.7 Å². The van der Waals surface area contributed by atoms with E-state index in [-0.39, 0.29) is 11.4 Å². The number of aromatic nitrogens is 3. The van der Waals surface area contributed by atoms with Gasteiger partial charge in [0.05, 0.1) is 6.10 Å². The quantitative estimate of drug-likeness (QED) is 0.778. The standard InChI is InChI=1S/C10H18ClN5O/c1-4-12-9-14-8(11)15-10(16-9)13-6-7(3)17-5-2/h7H,4-6H2,1-3H3,(H2,12,13,14,15,16). The largest absolute Gasteiger partial charge is 0.377 e. The Morgan fingerprint density at radius 2 is 1.82 bits per heavy atom. The van der Waals surface area contributed by atoms with Crippen LogP contribution in [-0.2, 0) is 4.74 Å². The molecule has 1 aromatic rings. The van der Waals surface area contributed by atoms with Crippen molar-refractivity contribution in [1.29, 1.82) is 0 Å². The smallest absolute Gasteiger partial charge is 0.228 e. The second-order valence-corrected chi connectivity index (χ2v) is 3.77. The Hall–Kier alpha value is -1.14. The number of hydrogen-bond donors (Lipinski definition) is 2. The molecule has 0 aliphatic carbocycles. The molecule has 1 heterocycles. The Balaban J connectivity index is 2.57. The van der Waals surface area contributed by atoms with Crippen molar-refractivity contribution in [3.63, 3.8) is 0 Å². The number of rotatable bonds is 7. The van der Waals surface area contributed by atoms with E-state index in [1.165, 1.54) is 0 Å². The Morgan fingerprint density at radius 1 is 1.18 bits per heavy atom. The zero-order valence-electron chi connectivity index (χ0n) is 10.3. The van der Waals surface area contributed by atoms with E-state index in [1.807, 2.05) is 20.8 Å². The summed E-state index contributed by atoms with van der Waals surface area (Å²) >= 11 is 5.79. The van der Waals surface area contributed by atoms with Crippen molar-refractivity contribution in [2.24, 2.45) is 0 Å². The molecule has 0 fully saturated rings. The Kier molecular flexibility index (Phi) is 5.93. The molecule has 7 heteroatoms. The topological polar surface area (TPSA) is 72.0 Å². The molecule has 6 nitrogen and oxygen atoms in total. The minimum Gasteiger partial charge on any atom is -0.377 e. The summed E-state index contributed by atoms with van der Waals surface area (Å²) < 4.78 is 5.39. The van der Waals surface area contributed by atoms with Gasteiger partial charge in [-0.1, -0.05) is 0 Å². The number of hydrogen-bond acceptors (Lipinski definition) is 6. The van der Waals surface area contributed by atoms with Crippen molar-refractivity contribution in [2.45, 2.75) is 26.9 Å². The molecule has 2 N–H and O–H groups in total. The van der Waals surface area contributed by atoms with E-state index in [4.69, 9.17) is 16.3 Å². The molecule has 0 saturated heterocycles. The fraction of sp³-hybridized carbons (Fsp3) is 0.700. The number of halogens is 1. The van der Waals surface area contributed by atoms with Crippen LogP contribution in [-0.4, -0.2) is 40.8 Å². The summed E-state index contributed by atoms with van der Waals surface area (Å²) in [5.41, 5.74) is 0. The first kappa shape index (κ1) is 13.9. The predicted octanol–water partition coefficient (Wildman–Crippen LogP) is 1.79. The third kappa shape index (κ3) is 5.14. The van der Waals surface area contributed by atoms with Crippen molar-refractivity contribution in [2.75, 3.05) is 30.3 Å². The van der Waals surface area contributed by atoms with Gasteiger partial charge >= 0.3 is 0 Å². The molecule has 0 aliphatic rings. The van der Waals surface area contributed by atoms with Crippen molar-refractivity contribution < 1.29 is 4.74 Å². The molecule has 0 amide bonds. The van der Waals surface area contributed by atoms with Gasteiger partial charge in [-0.3, -0.25) is 0 Å². The lowest BCUT2D eigenvalue weighted by Crippen LogP contribution is -2.21. The Morgan fingerprint density at radius 3 is 2.41 bits per heavy atom. The van der Waals surface area contributed by atoms with Crippen LogP contribution in [0.5, 0.6) is 0 Å². The third-order valence-electron chi connectivity index (χ3n) is 1.94. The lowest BCUT2D eigenvalue weighted by atomic mass is 10.4. The molecule has 0 radical (unpaired) electrons. The molecule has 17 heavy (non-hydrogen) atoms. The van der Waals surface area contributed by atoms with E-state index in [1.54, 1.807) is 0 Å². The van der Waals surface area contributed by atoms with Gasteiger partial charge in [-0.15, -0.1) is 0 Å². The third-order valence-corrected chi connectivity index (χ3v) is 2.11. The molecular formula is C10H18ClN5O. The van der Waals surface area contributed by atoms with Crippen molar-refractivity contribution >= 4 is 23.5 Å². The van der Waals surface area contributed by atoms with Gasteiger partial charge in [-0.25, -0.2) is 0 Å². The van der Waals surface area contributed by atoms with Gasteiger partial charge in [0.2, 0.25) is 17.2 Å². The molecule has 0 aliphatic heterocycles. The lowest BCUT2D eigenvalue weighted by Gasteiger charge is -2.12. The van der Waals surface area contributed by atoms with Crippen LogP contribution in [0.25, 0.3) is 0 Å². The monoisotopic (exact) mass is 259 g/mol. The summed E-state index contributed by atoms with van der Waals surface area (Å²) in [6.07, 6.45) is 0.0955. The minimum atomic E-state index is 0.0955. The minimum absolute atomic E-state index is 0.0955. The highest BCUT2D eigenvalue weighted by Crippen LogP contribution is 2.09. The second-order valence-electron chi connectivity index (χ2n) is 3.43. The molecule has 96 valence electrons. The van der Waals surface area contributed by atoms with E-state index < -0.39 is 0 Å². The molecule has 0 saturated carbocycles. The molecule has 1 unspecified atom stereocenters. The molecule has 1 aromatic heterocycles. The first-order valence-corrected chi connectivity index (χ1v) is 6.04. The fourth-order valence-corrected chi connectivity index (χ4v) is 1.40. The summed E-state index contributed by atoms with van der Waals surface area (Å²) in [5.74, 6) is 0.923. The summed E-state index contributed by atoms with van der Waals surface area (Å²) in [6.45, 7) is 7.93. The number of ether oxygens (including phenoxy) is 1.